The monoisotopic (exact) mass is 276 g/mol. The normalized spacial score (nSPS) is 10.5. The van der Waals surface area contributed by atoms with E-state index in [1.807, 2.05) is 67.6 Å². The molecule has 0 bridgehead atoms. The van der Waals surface area contributed by atoms with Crippen molar-refractivity contribution in [2.45, 2.75) is 13.5 Å². The molecule has 3 rings (SSSR count). The second kappa shape index (κ2) is 5.75. The fourth-order valence-electron chi connectivity index (χ4n) is 2.41. The number of para-hydroxylation sites is 1. The summed E-state index contributed by atoms with van der Waals surface area (Å²) in [4.78, 5) is 16.6. The van der Waals surface area contributed by atoms with Gasteiger partial charge in [0, 0.05) is 23.2 Å². The van der Waals surface area contributed by atoms with Gasteiger partial charge in [-0.3, -0.25) is 9.78 Å². The summed E-state index contributed by atoms with van der Waals surface area (Å²) in [7, 11) is 0. The Balaban J connectivity index is 1.84. The van der Waals surface area contributed by atoms with Gasteiger partial charge in [0.05, 0.1) is 5.52 Å². The SMILES string of the molecule is Cc1cc(CNC(=O)c2ccccc2)c2ccccc2n1. The van der Waals surface area contributed by atoms with Crippen molar-refractivity contribution in [3.8, 4) is 0 Å². The quantitative estimate of drug-likeness (QED) is 0.796. The average molecular weight is 276 g/mol. The van der Waals surface area contributed by atoms with Crippen molar-refractivity contribution >= 4 is 16.8 Å². The molecule has 0 radical (unpaired) electrons. The van der Waals surface area contributed by atoms with Gasteiger partial charge in [-0.2, -0.15) is 0 Å². The van der Waals surface area contributed by atoms with Crippen LogP contribution in [0.25, 0.3) is 10.9 Å². The number of pyridine rings is 1. The van der Waals surface area contributed by atoms with E-state index in [2.05, 4.69) is 10.3 Å². The fraction of sp³-hybridized carbons (Fsp3) is 0.111. The van der Waals surface area contributed by atoms with Crippen molar-refractivity contribution in [3.63, 3.8) is 0 Å². The highest BCUT2D eigenvalue weighted by Crippen LogP contribution is 2.18. The van der Waals surface area contributed by atoms with Gasteiger partial charge in [0.1, 0.15) is 0 Å². The fourth-order valence-corrected chi connectivity index (χ4v) is 2.41. The Bertz CT molecular complexity index is 782. The Morgan fingerprint density at radius 2 is 1.76 bits per heavy atom. The Morgan fingerprint density at radius 1 is 1.05 bits per heavy atom. The molecule has 1 N–H and O–H groups in total. The zero-order valence-electron chi connectivity index (χ0n) is 11.8. The van der Waals surface area contributed by atoms with Gasteiger partial charge in [-0.25, -0.2) is 0 Å². The topological polar surface area (TPSA) is 42.0 Å². The molecule has 2 aromatic carbocycles. The predicted octanol–water partition coefficient (Wildman–Crippen LogP) is 3.47. The largest absolute Gasteiger partial charge is 0.348 e. The van der Waals surface area contributed by atoms with Crippen LogP contribution in [0.3, 0.4) is 0 Å². The van der Waals surface area contributed by atoms with Gasteiger partial charge in [0.2, 0.25) is 0 Å². The molecule has 3 aromatic rings. The van der Waals surface area contributed by atoms with Crippen LogP contribution in [0.1, 0.15) is 21.6 Å². The molecule has 0 aliphatic rings. The maximum Gasteiger partial charge on any atom is 0.251 e. The highest BCUT2D eigenvalue weighted by Gasteiger charge is 2.07. The van der Waals surface area contributed by atoms with E-state index in [1.165, 1.54) is 0 Å². The van der Waals surface area contributed by atoms with Crippen LogP contribution < -0.4 is 5.32 Å². The standard InChI is InChI=1S/C18H16N2O/c1-13-11-15(16-9-5-6-10-17(16)20-13)12-19-18(21)14-7-3-2-4-8-14/h2-11H,12H2,1H3,(H,19,21). The summed E-state index contributed by atoms with van der Waals surface area (Å²) >= 11 is 0. The third-order valence-corrected chi connectivity index (χ3v) is 3.41. The first-order chi connectivity index (χ1) is 10.2. The van der Waals surface area contributed by atoms with Gasteiger partial charge in [-0.05, 0) is 36.8 Å². The summed E-state index contributed by atoms with van der Waals surface area (Å²) in [6.07, 6.45) is 0. The number of carbonyl (C=O) groups excluding carboxylic acids is 1. The molecule has 1 aromatic heterocycles. The van der Waals surface area contributed by atoms with Crippen LogP contribution in [-0.2, 0) is 6.54 Å². The highest BCUT2D eigenvalue weighted by atomic mass is 16.1. The molecule has 3 heteroatoms. The van der Waals surface area contributed by atoms with Crippen LogP contribution in [0, 0.1) is 6.92 Å². The molecule has 0 fully saturated rings. The highest BCUT2D eigenvalue weighted by molar-refractivity contribution is 5.94. The number of nitrogens with zero attached hydrogens (tertiary/aromatic N) is 1. The van der Waals surface area contributed by atoms with Gasteiger partial charge in [-0.1, -0.05) is 36.4 Å². The summed E-state index contributed by atoms with van der Waals surface area (Å²) in [6.45, 7) is 2.46. The number of carbonyl (C=O) groups is 1. The van der Waals surface area contributed by atoms with Crippen LogP contribution in [0.4, 0.5) is 0 Å². The molecule has 3 nitrogen and oxygen atoms in total. The lowest BCUT2D eigenvalue weighted by Crippen LogP contribution is -2.22. The molecule has 0 aliphatic carbocycles. The summed E-state index contributed by atoms with van der Waals surface area (Å²) in [5, 5.41) is 4.05. The van der Waals surface area contributed by atoms with E-state index in [0.717, 1.165) is 22.2 Å². The lowest BCUT2D eigenvalue weighted by molar-refractivity contribution is 0.0951. The van der Waals surface area contributed by atoms with Gasteiger partial charge in [-0.15, -0.1) is 0 Å². The van der Waals surface area contributed by atoms with Crippen LogP contribution >= 0.6 is 0 Å². The Labute approximate surface area is 123 Å². The van der Waals surface area contributed by atoms with E-state index in [1.54, 1.807) is 0 Å². The van der Waals surface area contributed by atoms with Crippen LogP contribution in [-0.4, -0.2) is 10.9 Å². The van der Waals surface area contributed by atoms with Crippen LogP contribution in [0.15, 0.2) is 60.7 Å². The Hall–Kier alpha value is -2.68. The third kappa shape index (κ3) is 2.92. The summed E-state index contributed by atoms with van der Waals surface area (Å²) < 4.78 is 0. The van der Waals surface area contributed by atoms with Crippen molar-refractivity contribution in [2.24, 2.45) is 0 Å². The minimum Gasteiger partial charge on any atom is -0.348 e. The minimum absolute atomic E-state index is 0.0610. The Kier molecular flexibility index (Phi) is 3.65. The molecule has 1 amide bonds. The second-order valence-corrected chi connectivity index (χ2v) is 4.99. The maximum atomic E-state index is 12.1. The van der Waals surface area contributed by atoms with Crippen molar-refractivity contribution in [1.82, 2.24) is 10.3 Å². The number of fused-ring (bicyclic) bond motifs is 1. The number of amides is 1. The zero-order chi connectivity index (χ0) is 14.7. The number of benzene rings is 2. The number of rotatable bonds is 3. The summed E-state index contributed by atoms with van der Waals surface area (Å²) in [5.41, 5.74) is 3.68. The second-order valence-electron chi connectivity index (χ2n) is 4.99. The molecular formula is C18H16N2O. The van der Waals surface area contributed by atoms with Crippen molar-refractivity contribution in [3.05, 3.63) is 77.5 Å². The average Bonchev–Trinajstić information content (AvgIpc) is 2.53. The van der Waals surface area contributed by atoms with Crippen molar-refractivity contribution in [2.75, 3.05) is 0 Å². The lowest BCUT2D eigenvalue weighted by Gasteiger charge is -2.09. The minimum atomic E-state index is -0.0610. The van der Waals surface area contributed by atoms with Crippen LogP contribution in [0.2, 0.25) is 0 Å². The van der Waals surface area contributed by atoms with Gasteiger partial charge in [0.15, 0.2) is 0 Å². The number of hydrogen-bond donors (Lipinski definition) is 1. The van der Waals surface area contributed by atoms with Crippen molar-refractivity contribution in [1.29, 1.82) is 0 Å². The molecule has 0 saturated carbocycles. The summed E-state index contributed by atoms with van der Waals surface area (Å²) in [6, 6.07) is 19.3. The number of aryl methyl sites for hydroxylation is 1. The molecule has 0 unspecified atom stereocenters. The Morgan fingerprint density at radius 3 is 2.57 bits per heavy atom. The number of aromatic nitrogens is 1. The predicted molar refractivity (Wildman–Crippen MR) is 84.1 cm³/mol. The lowest BCUT2D eigenvalue weighted by atomic mass is 10.1. The van der Waals surface area contributed by atoms with E-state index >= 15 is 0 Å². The molecule has 1 heterocycles. The molecule has 0 saturated heterocycles. The van der Waals surface area contributed by atoms with Gasteiger partial charge < -0.3 is 5.32 Å². The van der Waals surface area contributed by atoms with E-state index in [-0.39, 0.29) is 5.91 Å². The first kappa shape index (κ1) is 13.3. The maximum absolute atomic E-state index is 12.1. The zero-order valence-corrected chi connectivity index (χ0v) is 11.8. The molecule has 104 valence electrons. The van der Waals surface area contributed by atoms with Crippen molar-refractivity contribution < 1.29 is 4.79 Å². The first-order valence-electron chi connectivity index (χ1n) is 6.92. The molecular weight excluding hydrogens is 260 g/mol. The number of hydrogen-bond acceptors (Lipinski definition) is 2. The first-order valence-corrected chi connectivity index (χ1v) is 6.92. The number of nitrogens with one attached hydrogen (secondary N) is 1. The van der Waals surface area contributed by atoms with Gasteiger partial charge in [0.25, 0.3) is 5.91 Å². The molecule has 0 atom stereocenters. The smallest absolute Gasteiger partial charge is 0.251 e. The molecule has 21 heavy (non-hydrogen) atoms. The van der Waals surface area contributed by atoms with Gasteiger partial charge >= 0.3 is 0 Å². The third-order valence-electron chi connectivity index (χ3n) is 3.41. The van der Waals surface area contributed by atoms with E-state index in [4.69, 9.17) is 0 Å². The van der Waals surface area contributed by atoms with E-state index in [9.17, 15) is 4.79 Å². The van der Waals surface area contributed by atoms with E-state index < -0.39 is 0 Å². The van der Waals surface area contributed by atoms with E-state index in [0.29, 0.717) is 12.1 Å². The molecule has 0 aliphatic heterocycles. The summed E-state index contributed by atoms with van der Waals surface area (Å²) in [5.74, 6) is -0.0610. The van der Waals surface area contributed by atoms with Crippen LogP contribution in [0.5, 0.6) is 0 Å². The molecule has 0 spiro atoms.